The Morgan fingerprint density at radius 3 is 2.71 bits per heavy atom. The summed E-state index contributed by atoms with van der Waals surface area (Å²) < 4.78 is 0. The molecule has 0 amide bonds. The van der Waals surface area contributed by atoms with E-state index in [0.29, 0.717) is 6.04 Å². The molecule has 0 aliphatic heterocycles. The molecule has 21 heavy (non-hydrogen) atoms. The van der Waals surface area contributed by atoms with Gasteiger partial charge in [0.25, 0.3) is 0 Å². The van der Waals surface area contributed by atoms with Gasteiger partial charge < -0.3 is 5.32 Å². The van der Waals surface area contributed by atoms with Gasteiger partial charge in [-0.1, -0.05) is 49.6 Å². The molecule has 2 rings (SSSR count). The Labute approximate surface area is 134 Å². The molecule has 1 aromatic carbocycles. The Kier molecular flexibility index (Phi) is 7.98. The third kappa shape index (κ3) is 6.27. The summed E-state index contributed by atoms with van der Waals surface area (Å²) in [5.74, 6) is 1.15. The summed E-state index contributed by atoms with van der Waals surface area (Å²) >= 11 is 1.98. The minimum atomic E-state index is 0.549. The normalized spacial score (nSPS) is 20.1. The van der Waals surface area contributed by atoms with Crippen molar-refractivity contribution >= 4 is 11.8 Å². The number of hydrogen-bond acceptors (Lipinski definition) is 2. The van der Waals surface area contributed by atoms with Crippen molar-refractivity contribution in [2.75, 3.05) is 12.3 Å². The van der Waals surface area contributed by atoms with Crippen molar-refractivity contribution < 1.29 is 0 Å². The Hall–Kier alpha value is -0.730. The van der Waals surface area contributed by atoms with Gasteiger partial charge in [0, 0.05) is 16.7 Å². The lowest BCUT2D eigenvalue weighted by atomic mass is 9.95. The highest BCUT2D eigenvalue weighted by Gasteiger charge is 2.14. The molecule has 0 heterocycles. The number of rotatable bonds is 7. The van der Waals surface area contributed by atoms with Crippen molar-refractivity contribution in [3.8, 4) is 0 Å². The second-order valence-corrected chi connectivity index (χ2v) is 6.96. The van der Waals surface area contributed by atoms with Crippen molar-refractivity contribution in [3.05, 3.63) is 42.0 Å². The SMILES string of the molecule is CCCNC(CSc1ccccc1)/C1=C/CCCCCC1. The number of hydrogen-bond donors (Lipinski definition) is 1. The largest absolute Gasteiger partial charge is 0.310 e. The Bertz CT molecular complexity index is 413. The quantitative estimate of drug-likeness (QED) is 0.532. The standard InChI is InChI=1S/C19H29NS/c1-2-15-20-19(16-21-18-13-9-6-10-14-18)17-11-7-4-3-5-8-12-17/h6,9-11,13-14,19-20H,2-5,7-8,12,15-16H2,1H3/b17-11+. The van der Waals surface area contributed by atoms with E-state index in [1.165, 1.54) is 49.8 Å². The number of allylic oxidation sites excluding steroid dienone is 1. The maximum atomic E-state index is 3.77. The smallest absolute Gasteiger partial charge is 0.0374 e. The Balaban J connectivity index is 1.95. The van der Waals surface area contributed by atoms with Crippen LogP contribution in [0, 0.1) is 0 Å². The van der Waals surface area contributed by atoms with Crippen LogP contribution in [-0.4, -0.2) is 18.3 Å². The molecule has 1 nitrogen and oxygen atoms in total. The zero-order valence-corrected chi connectivity index (χ0v) is 14.1. The molecule has 2 heteroatoms. The van der Waals surface area contributed by atoms with Gasteiger partial charge in [-0.25, -0.2) is 0 Å². The maximum absolute atomic E-state index is 3.77. The molecule has 0 fully saturated rings. The molecule has 1 N–H and O–H groups in total. The lowest BCUT2D eigenvalue weighted by molar-refractivity contribution is 0.554. The van der Waals surface area contributed by atoms with E-state index in [-0.39, 0.29) is 0 Å². The van der Waals surface area contributed by atoms with Crippen LogP contribution in [0.2, 0.25) is 0 Å². The van der Waals surface area contributed by atoms with E-state index in [2.05, 4.69) is 48.6 Å². The molecule has 1 aromatic rings. The highest BCUT2D eigenvalue weighted by Crippen LogP contribution is 2.25. The summed E-state index contributed by atoms with van der Waals surface area (Å²) in [6, 6.07) is 11.3. The average Bonchev–Trinajstić information content (AvgIpc) is 2.49. The average molecular weight is 304 g/mol. The van der Waals surface area contributed by atoms with Crippen LogP contribution in [0.1, 0.15) is 51.9 Å². The first kappa shape index (κ1) is 16.6. The molecule has 0 aromatic heterocycles. The molecular weight excluding hydrogens is 274 g/mol. The zero-order valence-electron chi connectivity index (χ0n) is 13.3. The number of nitrogens with one attached hydrogen (secondary N) is 1. The predicted molar refractivity (Wildman–Crippen MR) is 95.0 cm³/mol. The van der Waals surface area contributed by atoms with Gasteiger partial charge >= 0.3 is 0 Å². The van der Waals surface area contributed by atoms with Crippen LogP contribution < -0.4 is 5.32 Å². The van der Waals surface area contributed by atoms with Crippen molar-refractivity contribution in [1.82, 2.24) is 5.32 Å². The highest BCUT2D eigenvalue weighted by atomic mass is 32.2. The lowest BCUT2D eigenvalue weighted by Crippen LogP contribution is -2.34. The van der Waals surface area contributed by atoms with Crippen LogP contribution in [0.15, 0.2) is 46.9 Å². The molecule has 0 saturated carbocycles. The van der Waals surface area contributed by atoms with Gasteiger partial charge in [-0.3, -0.25) is 0 Å². The summed E-state index contributed by atoms with van der Waals surface area (Å²) in [6.45, 7) is 3.37. The molecule has 0 saturated heterocycles. The maximum Gasteiger partial charge on any atom is 0.0374 e. The molecule has 0 bridgehead atoms. The topological polar surface area (TPSA) is 12.0 Å². The van der Waals surface area contributed by atoms with Crippen molar-refractivity contribution in [3.63, 3.8) is 0 Å². The van der Waals surface area contributed by atoms with Gasteiger partial charge in [0.2, 0.25) is 0 Å². The van der Waals surface area contributed by atoms with E-state index < -0.39 is 0 Å². The summed E-state index contributed by atoms with van der Waals surface area (Å²) in [4.78, 5) is 1.38. The van der Waals surface area contributed by atoms with Crippen LogP contribution in [-0.2, 0) is 0 Å². The van der Waals surface area contributed by atoms with E-state index in [1.807, 2.05) is 11.8 Å². The monoisotopic (exact) mass is 303 g/mol. The number of thioether (sulfide) groups is 1. The van der Waals surface area contributed by atoms with Gasteiger partial charge in [-0.2, -0.15) is 0 Å². The van der Waals surface area contributed by atoms with E-state index in [1.54, 1.807) is 5.57 Å². The molecule has 0 radical (unpaired) electrons. The van der Waals surface area contributed by atoms with Gasteiger partial charge in [0.15, 0.2) is 0 Å². The predicted octanol–water partition coefficient (Wildman–Crippen LogP) is 5.43. The van der Waals surface area contributed by atoms with Crippen LogP contribution in [0.25, 0.3) is 0 Å². The van der Waals surface area contributed by atoms with E-state index in [4.69, 9.17) is 0 Å². The molecule has 1 unspecified atom stereocenters. The first-order chi connectivity index (χ1) is 10.4. The minimum absolute atomic E-state index is 0.549. The summed E-state index contributed by atoms with van der Waals surface area (Å²) in [5, 5.41) is 3.77. The van der Waals surface area contributed by atoms with Crippen LogP contribution in [0.5, 0.6) is 0 Å². The van der Waals surface area contributed by atoms with Crippen LogP contribution in [0.3, 0.4) is 0 Å². The van der Waals surface area contributed by atoms with Crippen LogP contribution in [0.4, 0.5) is 0 Å². The first-order valence-corrected chi connectivity index (χ1v) is 9.49. The molecule has 1 aliphatic carbocycles. The highest BCUT2D eigenvalue weighted by molar-refractivity contribution is 7.99. The first-order valence-electron chi connectivity index (χ1n) is 8.50. The van der Waals surface area contributed by atoms with Crippen molar-refractivity contribution in [2.45, 2.75) is 62.8 Å². The van der Waals surface area contributed by atoms with E-state index >= 15 is 0 Å². The molecule has 116 valence electrons. The number of benzene rings is 1. The minimum Gasteiger partial charge on any atom is -0.310 e. The van der Waals surface area contributed by atoms with Crippen molar-refractivity contribution in [2.24, 2.45) is 0 Å². The fourth-order valence-electron chi connectivity index (χ4n) is 2.84. The van der Waals surface area contributed by atoms with Gasteiger partial charge in [-0.15, -0.1) is 11.8 Å². The molecule has 1 aliphatic rings. The van der Waals surface area contributed by atoms with Crippen molar-refractivity contribution in [1.29, 1.82) is 0 Å². The Morgan fingerprint density at radius 1 is 1.10 bits per heavy atom. The summed E-state index contributed by atoms with van der Waals surface area (Å²) in [5.41, 5.74) is 1.66. The second-order valence-electron chi connectivity index (χ2n) is 5.86. The van der Waals surface area contributed by atoms with Gasteiger partial charge in [0.1, 0.15) is 0 Å². The third-order valence-electron chi connectivity index (χ3n) is 4.07. The summed E-state index contributed by atoms with van der Waals surface area (Å²) in [7, 11) is 0. The molecular formula is C19H29NS. The van der Waals surface area contributed by atoms with Gasteiger partial charge in [-0.05, 0) is 50.8 Å². The zero-order chi connectivity index (χ0) is 14.8. The van der Waals surface area contributed by atoms with Gasteiger partial charge in [0.05, 0.1) is 0 Å². The fourth-order valence-corrected chi connectivity index (χ4v) is 3.89. The lowest BCUT2D eigenvalue weighted by Gasteiger charge is -2.23. The summed E-state index contributed by atoms with van der Waals surface area (Å²) in [6.07, 6.45) is 11.9. The van der Waals surface area contributed by atoms with Crippen LogP contribution >= 0.6 is 11.8 Å². The fraction of sp³-hybridized carbons (Fsp3) is 0.579. The third-order valence-corrected chi connectivity index (χ3v) is 5.18. The van der Waals surface area contributed by atoms with E-state index in [0.717, 1.165) is 12.3 Å². The Morgan fingerprint density at radius 2 is 1.90 bits per heavy atom. The molecule has 0 spiro atoms. The van der Waals surface area contributed by atoms with E-state index in [9.17, 15) is 0 Å². The molecule has 1 atom stereocenters. The second kappa shape index (κ2) is 10.1.